The Morgan fingerprint density at radius 1 is 1.03 bits per heavy atom. The van der Waals surface area contributed by atoms with Crippen LogP contribution in [-0.4, -0.2) is 35.4 Å². The van der Waals surface area contributed by atoms with E-state index in [9.17, 15) is 14.4 Å². The van der Waals surface area contributed by atoms with Crippen LogP contribution in [0.3, 0.4) is 0 Å². The molecule has 35 heavy (non-hydrogen) atoms. The van der Waals surface area contributed by atoms with Crippen LogP contribution in [0.15, 0.2) is 72.8 Å². The summed E-state index contributed by atoms with van der Waals surface area (Å²) in [7, 11) is 0. The summed E-state index contributed by atoms with van der Waals surface area (Å²) in [5, 5.41) is 6.10. The summed E-state index contributed by atoms with van der Waals surface area (Å²) in [6, 6.07) is 20.5. The molecule has 0 aromatic heterocycles. The highest BCUT2D eigenvalue weighted by atomic mass is 35.5. The van der Waals surface area contributed by atoms with Crippen LogP contribution in [0.2, 0.25) is 5.02 Å². The molecular formula is C27H26ClN3O4. The van der Waals surface area contributed by atoms with Gasteiger partial charge in [-0.25, -0.2) is 4.79 Å². The van der Waals surface area contributed by atoms with Gasteiger partial charge in [-0.3, -0.25) is 14.5 Å². The fourth-order valence-electron chi connectivity index (χ4n) is 3.97. The van der Waals surface area contributed by atoms with E-state index in [4.69, 9.17) is 16.3 Å². The van der Waals surface area contributed by atoms with Crippen LogP contribution in [0.1, 0.15) is 40.1 Å². The van der Waals surface area contributed by atoms with Crippen molar-refractivity contribution in [1.29, 1.82) is 0 Å². The first-order valence-electron chi connectivity index (χ1n) is 11.3. The number of halogens is 1. The van der Waals surface area contributed by atoms with Gasteiger partial charge >= 0.3 is 6.09 Å². The lowest BCUT2D eigenvalue weighted by Crippen LogP contribution is -2.46. The van der Waals surface area contributed by atoms with E-state index in [2.05, 4.69) is 10.6 Å². The predicted octanol–water partition coefficient (Wildman–Crippen LogP) is 5.10. The lowest BCUT2D eigenvalue weighted by Gasteiger charge is -2.24. The van der Waals surface area contributed by atoms with E-state index < -0.39 is 18.2 Å². The number of cyclic esters (lactones) is 1. The molecule has 0 saturated carbocycles. The van der Waals surface area contributed by atoms with Crippen molar-refractivity contribution in [3.63, 3.8) is 0 Å². The monoisotopic (exact) mass is 491 g/mol. The Kier molecular flexibility index (Phi) is 7.36. The molecule has 2 atom stereocenters. The topological polar surface area (TPSA) is 87.7 Å². The molecule has 0 spiro atoms. The molecule has 1 aliphatic heterocycles. The number of rotatable bonds is 7. The molecule has 7 nitrogen and oxygen atoms in total. The number of ether oxygens (including phenoxy) is 1. The summed E-state index contributed by atoms with van der Waals surface area (Å²) in [5.41, 5.74) is 3.67. The minimum atomic E-state index is -0.823. The maximum absolute atomic E-state index is 13.0. The second-order valence-electron chi connectivity index (χ2n) is 8.34. The second kappa shape index (κ2) is 10.6. The summed E-state index contributed by atoms with van der Waals surface area (Å²) in [6.07, 6.45) is -1.33. The van der Waals surface area contributed by atoms with Gasteiger partial charge in [-0.1, -0.05) is 59.6 Å². The molecule has 1 saturated heterocycles. The highest BCUT2D eigenvalue weighted by molar-refractivity contribution is 6.31. The van der Waals surface area contributed by atoms with E-state index in [-0.39, 0.29) is 18.4 Å². The van der Waals surface area contributed by atoms with Crippen molar-refractivity contribution in [2.24, 2.45) is 0 Å². The van der Waals surface area contributed by atoms with Crippen molar-refractivity contribution in [3.05, 3.63) is 100 Å². The van der Waals surface area contributed by atoms with Crippen LogP contribution in [-0.2, 0) is 16.1 Å². The summed E-state index contributed by atoms with van der Waals surface area (Å²) in [5.74, 6) is -0.578. The third-order valence-electron chi connectivity index (χ3n) is 5.76. The Labute approximate surface area is 209 Å². The number of anilines is 1. The van der Waals surface area contributed by atoms with Crippen LogP contribution in [0.4, 0.5) is 10.5 Å². The quantitative estimate of drug-likeness (QED) is 0.481. The van der Waals surface area contributed by atoms with Crippen LogP contribution < -0.4 is 10.6 Å². The number of nitrogens with one attached hydrogen (secondary N) is 2. The Bertz CT molecular complexity index is 1230. The summed E-state index contributed by atoms with van der Waals surface area (Å²) in [4.78, 5) is 39.7. The normalized spacial score (nSPS) is 17.1. The molecule has 0 bridgehead atoms. The number of amides is 3. The van der Waals surface area contributed by atoms with Crippen LogP contribution in [0.25, 0.3) is 0 Å². The van der Waals surface area contributed by atoms with E-state index in [1.54, 1.807) is 48.5 Å². The van der Waals surface area contributed by atoms with Crippen molar-refractivity contribution in [1.82, 2.24) is 10.2 Å². The van der Waals surface area contributed by atoms with E-state index in [0.29, 0.717) is 28.4 Å². The number of nitrogens with zero attached hydrogens (tertiary/aromatic N) is 1. The first-order valence-corrected chi connectivity index (χ1v) is 11.7. The van der Waals surface area contributed by atoms with Crippen LogP contribution in [0.5, 0.6) is 0 Å². The molecule has 3 aromatic carbocycles. The van der Waals surface area contributed by atoms with Gasteiger partial charge in [0, 0.05) is 22.8 Å². The molecule has 1 fully saturated rings. The third-order valence-corrected chi connectivity index (χ3v) is 6.00. The minimum Gasteiger partial charge on any atom is -0.438 e. The van der Waals surface area contributed by atoms with Gasteiger partial charge in [-0.15, -0.1) is 0 Å². The van der Waals surface area contributed by atoms with Crippen LogP contribution >= 0.6 is 11.6 Å². The van der Waals surface area contributed by atoms with Gasteiger partial charge in [0.15, 0.2) is 12.1 Å². The zero-order valence-corrected chi connectivity index (χ0v) is 20.2. The van der Waals surface area contributed by atoms with E-state index in [0.717, 1.165) is 11.1 Å². The Hall–Kier alpha value is -3.84. The number of aryl methyl sites for hydroxylation is 1. The average Bonchev–Trinajstić information content (AvgIpc) is 3.17. The van der Waals surface area contributed by atoms with E-state index in [1.165, 1.54) is 4.90 Å². The van der Waals surface area contributed by atoms with Gasteiger partial charge in [-0.2, -0.15) is 0 Å². The highest BCUT2D eigenvalue weighted by Crippen LogP contribution is 2.34. The maximum atomic E-state index is 13.0. The molecule has 8 heteroatoms. The van der Waals surface area contributed by atoms with Crippen molar-refractivity contribution < 1.29 is 19.1 Å². The molecule has 0 unspecified atom stereocenters. The highest BCUT2D eigenvalue weighted by Gasteiger charge is 2.46. The van der Waals surface area contributed by atoms with Crippen LogP contribution in [0, 0.1) is 6.92 Å². The first kappa shape index (κ1) is 24.3. The maximum Gasteiger partial charge on any atom is 0.411 e. The van der Waals surface area contributed by atoms with Crippen molar-refractivity contribution in [3.8, 4) is 0 Å². The largest absolute Gasteiger partial charge is 0.438 e. The fourth-order valence-corrected chi connectivity index (χ4v) is 4.16. The van der Waals surface area contributed by atoms with Gasteiger partial charge in [0.25, 0.3) is 5.91 Å². The molecule has 2 N–H and O–H groups in total. The van der Waals surface area contributed by atoms with Crippen molar-refractivity contribution in [2.45, 2.75) is 32.5 Å². The molecule has 0 radical (unpaired) electrons. The molecule has 3 amide bonds. The zero-order chi connectivity index (χ0) is 24.9. The predicted molar refractivity (Wildman–Crippen MR) is 134 cm³/mol. The Morgan fingerprint density at radius 2 is 1.74 bits per heavy atom. The summed E-state index contributed by atoms with van der Waals surface area (Å²) < 4.78 is 5.66. The summed E-state index contributed by atoms with van der Waals surface area (Å²) >= 11 is 5.97. The molecule has 0 aliphatic carbocycles. The third kappa shape index (κ3) is 5.63. The number of carbonyl (C=O) groups is 3. The van der Waals surface area contributed by atoms with Crippen molar-refractivity contribution >= 4 is 35.2 Å². The van der Waals surface area contributed by atoms with E-state index in [1.807, 2.05) is 38.1 Å². The molecule has 4 rings (SSSR count). The number of hydrogen-bond acceptors (Lipinski definition) is 4. The van der Waals surface area contributed by atoms with Gasteiger partial charge in [0.1, 0.15) is 0 Å². The Balaban J connectivity index is 1.53. The number of carbonyl (C=O) groups excluding carboxylic acids is 3. The zero-order valence-electron chi connectivity index (χ0n) is 19.5. The average molecular weight is 492 g/mol. The standard InChI is InChI=1S/C27H26ClN3O4/c1-3-29-26(33)23-24(35-27(34)31(23)16-18-9-7-17(2)8-10-18)19-11-13-22(14-12-19)30-25(32)20-5-4-6-21(28)15-20/h4-15,23-24H,3,16H2,1-2H3,(H,29,33)(H,30,32)/t23-,24-/m0/s1. The van der Waals surface area contributed by atoms with Crippen molar-refractivity contribution in [2.75, 3.05) is 11.9 Å². The number of hydrogen-bond donors (Lipinski definition) is 2. The minimum absolute atomic E-state index is 0.255. The van der Waals surface area contributed by atoms with Gasteiger partial charge in [0.2, 0.25) is 5.91 Å². The van der Waals surface area contributed by atoms with Gasteiger partial charge in [-0.05, 0) is 55.3 Å². The lowest BCUT2D eigenvalue weighted by atomic mass is 10.00. The molecule has 1 heterocycles. The fraction of sp³-hybridized carbons (Fsp3) is 0.222. The second-order valence-corrected chi connectivity index (χ2v) is 8.78. The molecular weight excluding hydrogens is 466 g/mol. The number of benzene rings is 3. The lowest BCUT2D eigenvalue weighted by molar-refractivity contribution is -0.126. The molecule has 3 aromatic rings. The van der Waals surface area contributed by atoms with Gasteiger partial charge in [0.05, 0.1) is 6.54 Å². The van der Waals surface area contributed by atoms with E-state index >= 15 is 0 Å². The molecule has 1 aliphatic rings. The smallest absolute Gasteiger partial charge is 0.411 e. The summed E-state index contributed by atoms with van der Waals surface area (Å²) in [6.45, 7) is 4.50. The SMILES string of the molecule is CCNC(=O)[C@@H]1[C@H](c2ccc(NC(=O)c3cccc(Cl)c3)cc2)OC(=O)N1Cc1ccc(C)cc1. The first-order chi connectivity index (χ1) is 16.9. The molecule has 180 valence electrons. The van der Waals surface area contributed by atoms with Gasteiger partial charge < -0.3 is 15.4 Å². The Morgan fingerprint density at radius 3 is 2.40 bits per heavy atom. The number of likely N-dealkylation sites (N-methyl/N-ethyl adjacent to an activating group) is 1.